The SMILES string of the molecule is CCCCCCCCCCCCCCCCCC(=O)NC(=O)c1ccccc1. The third kappa shape index (κ3) is 13.5. The van der Waals surface area contributed by atoms with Crippen molar-refractivity contribution < 1.29 is 9.59 Å². The molecule has 28 heavy (non-hydrogen) atoms. The highest BCUT2D eigenvalue weighted by atomic mass is 16.2. The Morgan fingerprint density at radius 3 is 1.54 bits per heavy atom. The molecule has 1 rings (SSSR count). The zero-order valence-electron chi connectivity index (χ0n) is 18.0. The quantitative estimate of drug-likeness (QED) is 0.287. The van der Waals surface area contributed by atoms with Gasteiger partial charge in [0.1, 0.15) is 0 Å². The molecule has 0 aliphatic rings. The van der Waals surface area contributed by atoms with Crippen LogP contribution in [0.4, 0.5) is 0 Å². The Morgan fingerprint density at radius 2 is 1.07 bits per heavy atom. The lowest BCUT2D eigenvalue weighted by molar-refractivity contribution is -0.120. The van der Waals surface area contributed by atoms with Gasteiger partial charge in [0.25, 0.3) is 5.91 Å². The third-order valence-corrected chi connectivity index (χ3v) is 5.30. The molecule has 1 N–H and O–H groups in total. The van der Waals surface area contributed by atoms with Crippen molar-refractivity contribution in [3.63, 3.8) is 0 Å². The van der Waals surface area contributed by atoms with Crippen molar-refractivity contribution in [3.05, 3.63) is 35.9 Å². The number of carbonyl (C=O) groups is 2. The van der Waals surface area contributed by atoms with Crippen LogP contribution in [0.5, 0.6) is 0 Å². The molecule has 0 spiro atoms. The van der Waals surface area contributed by atoms with Gasteiger partial charge in [-0.2, -0.15) is 0 Å². The summed E-state index contributed by atoms with van der Waals surface area (Å²) in [5.74, 6) is -0.463. The summed E-state index contributed by atoms with van der Waals surface area (Å²) in [6.07, 6.45) is 20.1. The van der Waals surface area contributed by atoms with Crippen molar-refractivity contribution >= 4 is 11.8 Å². The molecule has 158 valence electrons. The van der Waals surface area contributed by atoms with E-state index in [0.717, 1.165) is 12.8 Å². The van der Waals surface area contributed by atoms with Gasteiger partial charge in [-0.25, -0.2) is 0 Å². The van der Waals surface area contributed by atoms with Gasteiger partial charge in [0.05, 0.1) is 0 Å². The Morgan fingerprint density at radius 1 is 0.643 bits per heavy atom. The van der Waals surface area contributed by atoms with Crippen LogP contribution in [0.15, 0.2) is 30.3 Å². The van der Waals surface area contributed by atoms with Crippen molar-refractivity contribution in [2.75, 3.05) is 0 Å². The molecular formula is C25H41NO2. The number of hydrogen-bond acceptors (Lipinski definition) is 2. The van der Waals surface area contributed by atoms with E-state index in [4.69, 9.17) is 0 Å². The summed E-state index contributed by atoms with van der Waals surface area (Å²) < 4.78 is 0. The van der Waals surface area contributed by atoms with Crippen LogP contribution in [0.2, 0.25) is 0 Å². The molecule has 0 unspecified atom stereocenters. The minimum atomic E-state index is -0.299. The molecule has 2 amide bonds. The Hall–Kier alpha value is -1.64. The van der Waals surface area contributed by atoms with Crippen LogP contribution in [-0.2, 0) is 4.79 Å². The molecule has 0 radical (unpaired) electrons. The molecule has 1 aromatic carbocycles. The van der Waals surface area contributed by atoms with E-state index >= 15 is 0 Å². The molecule has 0 bridgehead atoms. The van der Waals surface area contributed by atoms with Crippen LogP contribution in [0, 0.1) is 0 Å². The fraction of sp³-hybridized carbons (Fsp3) is 0.680. The summed E-state index contributed by atoms with van der Waals surface area (Å²) in [7, 11) is 0. The first-order chi connectivity index (χ1) is 13.7. The molecule has 0 heterocycles. The van der Waals surface area contributed by atoms with Crippen LogP contribution >= 0.6 is 0 Å². The minimum Gasteiger partial charge on any atom is -0.292 e. The number of nitrogens with one attached hydrogen (secondary N) is 1. The molecule has 0 aromatic heterocycles. The number of amides is 2. The Balaban J connectivity index is 1.84. The zero-order chi connectivity index (χ0) is 20.3. The number of hydrogen-bond donors (Lipinski definition) is 1. The zero-order valence-corrected chi connectivity index (χ0v) is 18.0. The molecule has 0 aliphatic carbocycles. The molecule has 3 nitrogen and oxygen atoms in total. The normalized spacial score (nSPS) is 10.8. The van der Waals surface area contributed by atoms with Crippen LogP contribution in [0.3, 0.4) is 0 Å². The lowest BCUT2D eigenvalue weighted by Crippen LogP contribution is -2.30. The van der Waals surface area contributed by atoms with E-state index in [1.54, 1.807) is 24.3 Å². The number of benzene rings is 1. The lowest BCUT2D eigenvalue weighted by Gasteiger charge is -2.05. The predicted molar refractivity (Wildman–Crippen MR) is 118 cm³/mol. The molecule has 1 aromatic rings. The average Bonchev–Trinajstić information content (AvgIpc) is 2.71. The van der Waals surface area contributed by atoms with Crippen molar-refractivity contribution in [2.45, 2.75) is 110 Å². The predicted octanol–water partition coefficient (Wildman–Crippen LogP) is 7.20. The largest absolute Gasteiger partial charge is 0.292 e. The van der Waals surface area contributed by atoms with Crippen LogP contribution in [-0.4, -0.2) is 11.8 Å². The van der Waals surface area contributed by atoms with Gasteiger partial charge in [-0.3, -0.25) is 14.9 Å². The topological polar surface area (TPSA) is 46.2 Å². The van der Waals surface area contributed by atoms with Crippen molar-refractivity contribution in [1.82, 2.24) is 5.32 Å². The van der Waals surface area contributed by atoms with Gasteiger partial charge in [0.15, 0.2) is 0 Å². The van der Waals surface area contributed by atoms with Gasteiger partial charge < -0.3 is 0 Å². The molecule has 0 atom stereocenters. The second-order valence-corrected chi connectivity index (χ2v) is 7.94. The summed E-state index contributed by atoms with van der Waals surface area (Å²) in [4.78, 5) is 23.7. The monoisotopic (exact) mass is 387 g/mol. The maximum Gasteiger partial charge on any atom is 0.257 e. The number of rotatable bonds is 17. The van der Waals surface area contributed by atoms with Crippen molar-refractivity contribution in [1.29, 1.82) is 0 Å². The van der Waals surface area contributed by atoms with Gasteiger partial charge in [0.2, 0.25) is 5.91 Å². The Kier molecular flexibility index (Phi) is 15.2. The Bertz CT molecular complexity index is 513. The number of imide groups is 1. The maximum absolute atomic E-state index is 11.9. The maximum atomic E-state index is 11.9. The second-order valence-electron chi connectivity index (χ2n) is 7.94. The number of carbonyl (C=O) groups excluding carboxylic acids is 2. The first-order valence-electron chi connectivity index (χ1n) is 11.6. The van der Waals surface area contributed by atoms with Gasteiger partial charge in [-0.05, 0) is 18.6 Å². The van der Waals surface area contributed by atoms with E-state index in [9.17, 15) is 9.59 Å². The molecular weight excluding hydrogens is 346 g/mol. The third-order valence-electron chi connectivity index (χ3n) is 5.30. The van der Waals surface area contributed by atoms with Crippen LogP contribution < -0.4 is 5.32 Å². The highest BCUT2D eigenvalue weighted by Gasteiger charge is 2.09. The summed E-state index contributed by atoms with van der Waals surface area (Å²) >= 11 is 0. The van der Waals surface area contributed by atoms with E-state index in [2.05, 4.69) is 12.2 Å². The fourth-order valence-electron chi connectivity index (χ4n) is 3.51. The first-order valence-corrected chi connectivity index (χ1v) is 11.6. The van der Waals surface area contributed by atoms with E-state index in [1.165, 1.54) is 83.5 Å². The van der Waals surface area contributed by atoms with E-state index in [-0.39, 0.29) is 11.8 Å². The Labute approximate surface area is 172 Å². The standard InChI is InChI=1S/C25H41NO2/c1-2-3-4-5-6-7-8-9-10-11-12-13-14-15-19-22-24(27)26-25(28)23-20-17-16-18-21-23/h16-18,20-21H,2-15,19,22H2,1H3,(H,26,27,28). The van der Waals surface area contributed by atoms with Gasteiger partial charge >= 0.3 is 0 Å². The van der Waals surface area contributed by atoms with Crippen LogP contribution in [0.1, 0.15) is 120 Å². The average molecular weight is 388 g/mol. The molecule has 3 heteroatoms. The van der Waals surface area contributed by atoms with Crippen molar-refractivity contribution in [2.24, 2.45) is 0 Å². The second kappa shape index (κ2) is 17.5. The molecule has 0 aliphatic heterocycles. The summed E-state index contributed by atoms with van der Waals surface area (Å²) in [6.45, 7) is 2.27. The van der Waals surface area contributed by atoms with E-state index in [0.29, 0.717) is 12.0 Å². The summed E-state index contributed by atoms with van der Waals surface area (Å²) in [6, 6.07) is 8.89. The lowest BCUT2D eigenvalue weighted by atomic mass is 10.0. The van der Waals surface area contributed by atoms with Gasteiger partial charge in [0, 0.05) is 12.0 Å². The first kappa shape index (κ1) is 24.4. The fourth-order valence-corrected chi connectivity index (χ4v) is 3.51. The highest BCUT2D eigenvalue weighted by molar-refractivity contribution is 6.04. The summed E-state index contributed by atoms with van der Waals surface area (Å²) in [5, 5.41) is 2.47. The smallest absolute Gasteiger partial charge is 0.257 e. The van der Waals surface area contributed by atoms with E-state index < -0.39 is 0 Å². The molecule has 0 saturated heterocycles. The van der Waals surface area contributed by atoms with E-state index in [1.807, 2.05) is 6.07 Å². The summed E-state index contributed by atoms with van der Waals surface area (Å²) in [5.41, 5.74) is 0.535. The molecule has 0 saturated carbocycles. The number of unbranched alkanes of at least 4 members (excludes halogenated alkanes) is 14. The van der Waals surface area contributed by atoms with Crippen molar-refractivity contribution in [3.8, 4) is 0 Å². The molecule has 0 fully saturated rings. The highest BCUT2D eigenvalue weighted by Crippen LogP contribution is 2.13. The van der Waals surface area contributed by atoms with Crippen LogP contribution in [0.25, 0.3) is 0 Å². The van der Waals surface area contributed by atoms with Gasteiger partial charge in [-0.15, -0.1) is 0 Å². The minimum absolute atomic E-state index is 0.163. The van der Waals surface area contributed by atoms with Gasteiger partial charge in [-0.1, -0.05) is 115 Å².